The Morgan fingerprint density at radius 3 is 2.70 bits per heavy atom. The molecule has 3 nitrogen and oxygen atoms in total. The van der Waals surface area contributed by atoms with E-state index in [2.05, 4.69) is 0 Å². The van der Waals surface area contributed by atoms with Gasteiger partial charge in [0.15, 0.2) is 5.78 Å². The second kappa shape index (κ2) is 5.70. The Labute approximate surface area is 64.4 Å². The van der Waals surface area contributed by atoms with Gasteiger partial charge in [0.05, 0.1) is 0 Å². The highest BCUT2D eigenvalue weighted by atomic mass is 32.2. The minimum absolute atomic E-state index is 0.431. The van der Waals surface area contributed by atoms with Crippen LogP contribution in [0.3, 0.4) is 0 Å². The average Bonchev–Trinajstić information content (AvgIpc) is 1.98. The van der Waals surface area contributed by atoms with Gasteiger partial charge in [-0.05, 0) is 18.4 Å². The molecule has 0 fully saturated rings. The van der Waals surface area contributed by atoms with Crippen LogP contribution in [0.25, 0.3) is 0 Å². The van der Waals surface area contributed by atoms with E-state index in [0.717, 1.165) is 5.75 Å². The highest BCUT2D eigenvalue weighted by Gasteiger charge is 2.11. The Kier molecular flexibility index (Phi) is 5.67. The van der Waals surface area contributed by atoms with Gasteiger partial charge in [-0.2, -0.15) is 11.8 Å². The number of hydrogen-bond acceptors (Lipinski definition) is 4. The molecule has 0 aromatic rings. The molecule has 0 rings (SSSR count). The molecule has 2 N–H and O–H groups in total. The number of ketones is 1. The van der Waals surface area contributed by atoms with Crippen LogP contribution in [0.5, 0.6) is 0 Å². The molecule has 0 spiro atoms. The van der Waals surface area contributed by atoms with E-state index in [1.165, 1.54) is 0 Å². The molecule has 4 heteroatoms. The van der Waals surface area contributed by atoms with Crippen molar-refractivity contribution >= 4 is 17.5 Å². The van der Waals surface area contributed by atoms with Crippen molar-refractivity contribution in [1.29, 1.82) is 0 Å². The van der Waals surface area contributed by atoms with Crippen LogP contribution < -0.4 is 0 Å². The Morgan fingerprint density at radius 1 is 1.70 bits per heavy atom. The van der Waals surface area contributed by atoms with Crippen molar-refractivity contribution in [3.8, 4) is 0 Å². The first-order chi connectivity index (χ1) is 4.72. The van der Waals surface area contributed by atoms with Gasteiger partial charge in [0, 0.05) is 0 Å². The van der Waals surface area contributed by atoms with E-state index < -0.39 is 18.5 Å². The predicted molar refractivity (Wildman–Crippen MR) is 41.1 cm³/mol. The van der Waals surface area contributed by atoms with Crippen LogP contribution in [0.15, 0.2) is 0 Å². The van der Waals surface area contributed by atoms with Gasteiger partial charge in [-0.3, -0.25) is 4.79 Å². The zero-order valence-electron chi connectivity index (χ0n) is 5.91. The first-order valence-corrected chi connectivity index (χ1v) is 4.42. The van der Waals surface area contributed by atoms with Gasteiger partial charge in [-0.15, -0.1) is 0 Å². The fourth-order valence-electron chi connectivity index (χ4n) is 0.496. The summed E-state index contributed by atoms with van der Waals surface area (Å²) < 4.78 is 0. The Bertz CT molecular complexity index is 105. The van der Waals surface area contributed by atoms with Crippen LogP contribution in [0.2, 0.25) is 0 Å². The summed E-state index contributed by atoms with van der Waals surface area (Å²) in [5.74, 6) is 0.251. The summed E-state index contributed by atoms with van der Waals surface area (Å²) in [4.78, 5) is 10.5. The summed E-state index contributed by atoms with van der Waals surface area (Å²) in [5.41, 5.74) is 0. The van der Waals surface area contributed by atoms with E-state index in [4.69, 9.17) is 10.2 Å². The minimum atomic E-state index is -0.975. The molecule has 0 radical (unpaired) electrons. The molecule has 0 aromatic carbocycles. The molecule has 0 amide bonds. The predicted octanol–water partition coefficient (Wildman–Crippen LogP) is -0.338. The Hall–Kier alpha value is -0.0600. The molecule has 0 saturated heterocycles. The molecule has 0 aliphatic carbocycles. The lowest BCUT2D eigenvalue weighted by atomic mass is 10.2. The van der Waals surface area contributed by atoms with E-state index in [1.54, 1.807) is 11.8 Å². The number of carbonyl (C=O) groups is 1. The quantitative estimate of drug-likeness (QED) is 0.583. The van der Waals surface area contributed by atoms with Gasteiger partial charge in [-0.1, -0.05) is 0 Å². The molecule has 0 aromatic heterocycles. The van der Waals surface area contributed by atoms with Crippen molar-refractivity contribution in [2.24, 2.45) is 0 Å². The van der Waals surface area contributed by atoms with Crippen LogP contribution in [0, 0.1) is 0 Å². The van der Waals surface area contributed by atoms with E-state index in [0.29, 0.717) is 6.42 Å². The van der Waals surface area contributed by atoms with Crippen LogP contribution in [0.1, 0.15) is 6.42 Å². The van der Waals surface area contributed by atoms with Crippen molar-refractivity contribution in [3.05, 3.63) is 0 Å². The smallest absolute Gasteiger partial charge is 0.186 e. The molecule has 0 saturated carbocycles. The van der Waals surface area contributed by atoms with Crippen molar-refractivity contribution < 1.29 is 15.0 Å². The van der Waals surface area contributed by atoms with Gasteiger partial charge >= 0.3 is 0 Å². The lowest BCUT2D eigenvalue weighted by Crippen LogP contribution is -2.23. The number of rotatable bonds is 5. The summed E-state index contributed by atoms with van der Waals surface area (Å²) in [7, 11) is 0. The monoisotopic (exact) mass is 164 g/mol. The normalized spacial score (nSPS) is 13.1. The maximum atomic E-state index is 10.5. The molecule has 60 valence electrons. The maximum absolute atomic E-state index is 10.5. The number of thioether (sulfide) groups is 1. The van der Waals surface area contributed by atoms with E-state index >= 15 is 0 Å². The van der Waals surface area contributed by atoms with Crippen LogP contribution in [-0.2, 0) is 4.79 Å². The molecule has 10 heavy (non-hydrogen) atoms. The van der Waals surface area contributed by atoms with Gasteiger partial charge in [0.1, 0.15) is 12.7 Å². The highest BCUT2D eigenvalue weighted by molar-refractivity contribution is 7.98. The fraction of sp³-hybridized carbons (Fsp3) is 0.833. The average molecular weight is 164 g/mol. The third-order valence-electron chi connectivity index (χ3n) is 1.12. The molecule has 1 atom stereocenters. The molecule has 0 bridgehead atoms. The topological polar surface area (TPSA) is 57.5 Å². The largest absolute Gasteiger partial charge is 0.388 e. The second-order valence-electron chi connectivity index (χ2n) is 1.92. The second-order valence-corrected chi connectivity index (χ2v) is 2.91. The first-order valence-electron chi connectivity index (χ1n) is 3.03. The van der Waals surface area contributed by atoms with Crippen LogP contribution >= 0.6 is 11.8 Å². The molecule has 0 aliphatic rings. The minimum Gasteiger partial charge on any atom is -0.388 e. The number of carbonyl (C=O) groups excluding carboxylic acids is 1. The van der Waals surface area contributed by atoms with Crippen LogP contribution in [-0.4, -0.2) is 40.7 Å². The maximum Gasteiger partial charge on any atom is 0.186 e. The molecule has 0 aliphatic heterocycles. The zero-order chi connectivity index (χ0) is 7.98. The number of aliphatic hydroxyl groups is 2. The molecule has 0 heterocycles. The van der Waals surface area contributed by atoms with Crippen molar-refractivity contribution in [2.45, 2.75) is 12.5 Å². The summed E-state index contributed by atoms with van der Waals surface area (Å²) in [6.45, 7) is -0.560. The van der Waals surface area contributed by atoms with Crippen molar-refractivity contribution in [3.63, 3.8) is 0 Å². The summed E-state index contributed by atoms with van der Waals surface area (Å²) >= 11 is 1.56. The molecule has 0 unspecified atom stereocenters. The van der Waals surface area contributed by atoms with Gasteiger partial charge in [-0.25, -0.2) is 0 Å². The lowest BCUT2D eigenvalue weighted by Gasteiger charge is -2.04. The number of hydrogen-bond donors (Lipinski definition) is 2. The summed E-state index contributed by atoms with van der Waals surface area (Å²) in [6.07, 6.45) is 1.36. The van der Waals surface area contributed by atoms with Crippen LogP contribution in [0.4, 0.5) is 0 Å². The Balaban J connectivity index is 3.41. The number of aliphatic hydroxyl groups excluding tert-OH is 2. The van der Waals surface area contributed by atoms with E-state index in [1.807, 2.05) is 6.26 Å². The number of Topliss-reactive ketones (excluding diaryl/α,β-unsaturated/α-hetero) is 1. The molecular formula is C6H12O3S. The fourth-order valence-corrected chi connectivity index (χ4v) is 0.955. The summed E-state index contributed by atoms with van der Waals surface area (Å²) in [6, 6.07) is 0. The highest BCUT2D eigenvalue weighted by Crippen LogP contribution is 2.00. The Morgan fingerprint density at radius 2 is 2.30 bits per heavy atom. The van der Waals surface area contributed by atoms with E-state index in [9.17, 15) is 4.79 Å². The van der Waals surface area contributed by atoms with Gasteiger partial charge in [0.25, 0.3) is 0 Å². The van der Waals surface area contributed by atoms with E-state index in [-0.39, 0.29) is 0 Å². The van der Waals surface area contributed by atoms with Crippen molar-refractivity contribution in [2.75, 3.05) is 18.6 Å². The van der Waals surface area contributed by atoms with Gasteiger partial charge in [0.2, 0.25) is 0 Å². The van der Waals surface area contributed by atoms with Gasteiger partial charge < -0.3 is 10.2 Å². The first kappa shape index (κ1) is 9.94. The third-order valence-corrected chi connectivity index (χ3v) is 1.77. The third kappa shape index (κ3) is 3.87. The zero-order valence-corrected chi connectivity index (χ0v) is 6.73. The SMILES string of the molecule is CSCC[C@H](O)C(=O)CO. The summed E-state index contributed by atoms with van der Waals surface area (Å²) in [5, 5.41) is 17.2. The lowest BCUT2D eigenvalue weighted by molar-refractivity contribution is -0.129. The standard InChI is InChI=1S/C6H12O3S/c1-10-3-2-5(8)6(9)4-7/h5,7-8H,2-4H2,1H3/t5-/m0/s1. The molecular weight excluding hydrogens is 152 g/mol. The van der Waals surface area contributed by atoms with Crippen molar-refractivity contribution in [1.82, 2.24) is 0 Å².